The van der Waals surface area contributed by atoms with Gasteiger partial charge in [-0.25, -0.2) is 0 Å². The van der Waals surface area contributed by atoms with Crippen LogP contribution < -0.4 is 10.4 Å². The van der Waals surface area contributed by atoms with E-state index in [-0.39, 0.29) is 29.7 Å². The third-order valence-electron chi connectivity index (χ3n) is 9.33. The molecule has 0 unspecified atom stereocenters. The number of ether oxygens (including phenoxy) is 2. The highest BCUT2D eigenvalue weighted by atomic mass is 31.2. The highest BCUT2D eigenvalue weighted by Crippen LogP contribution is 2.46. The lowest BCUT2D eigenvalue weighted by molar-refractivity contribution is -0.118. The predicted molar refractivity (Wildman–Crippen MR) is 199 cm³/mol. The lowest BCUT2D eigenvalue weighted by Crippen LogP contribution is -2.67. The summed E-state index contributed by atoms with van der Waals surface area (Å²) in [6.45, 7) is 16.8. The first-order valence-corrected chi connectivity index (χ1v) is 21.0. The Morgan fingerprint density at radius 1 is 0.917 bits per heavy atom. The van der Waals surface area contributed by atoms with E-state index in [0.29, 0.717) is 25.0 Å². The summed E-state index contributed by atoms with van der Waals surface area (Å²) in [6, 6.07) is 20.8. The molecule has 9 heteroatoms. The second kappa shape index (κ2) is 18.7. The monoisotopic (exact) mass is 698 g/mol. The third-order valence-corrected chi connectivity index (χ3v) is 16.2. The van der Waals surface area contributed by atoms with Crippen LogP contribution in [0.1, 0.15) is 80.6 Å². The zero-order chi connectivity index (χ0) is 35.4. The van der Waals surface area contributed by atoms with Crippen molar-refractivity contribution in [2.45, 2.75) is 98.0 Å². The Morgan fingerprint density at radius 2 is 1.46 bits per heavy atom. The Bertz CT molecular complexity index is 1330. The molecule has 266 valence electrons. The van der Waals surface area contributed by atoms with Gasteiger partial charge in [-0.1, -0.05) is 119 Å². The number of rotatable bonds is 19. The van der Waals surface area contributed by atoms with E-state index in [9.17, 15) is 9.36 Å². The maximum absolute atomic E-state index is 13.5. The molecule has 0 amide bonds. The van der Waals surface area contributed by atoms with E-state index in [4.69, 9.17) is 22.9 Å². The molecule has 1 heterocycles. The van der Waals surface area contributed by atoms with E-state index >= 15 is 0 Å². The van der Waals surface area contributed by atoms with Crippen LogP contribution in [0, 0.1) is 11.8 Å². The maximum Gasteiger partial charge on any atom is 0.337 e. The Balaban J connectivity index is 1.89. The molecule has 0 spiro atoms. The fourth-order valence-electron chi connectivity index (χ4n) is 6.61. The van der Waals surface area contributed by atoms with Crippen LogP contribution in [0.5, 0.6) is 0 Å². The van der Waals surface area contributed by atoms with E-state index in [1.807, 2.05) is 12.1 Å². The number of Topliss-reactive ketones (excluding diaryl/α,β-unsaturated/α-hetero) is 1. The number of ketones is 1. The predicted octanol–water partition coefficient (Wildman–Crippen LogP) is 8.47. The Hall–Kier alpha value is -2.16. The minimum absolute atomic E-state index is 0.0648. The van der Waals surface area contributed by atoms with E-state index in [0.717, 1.165) is 41.6 Å². The fraction of sp³-hybridized carbons (Fsp3) is 0.564. The van der Waals surface area contributed by atoms with Gasteiger partial charge in [0.2, 0.25) is 0 Å². The quantitative estimate of drug-likeness (QED) is 0.0827. The number of benzene rings is 2. The van der Waals surface area contributed by atoms with Gasteiger partial charge in [0.15, 0.2) is 6.29 Å². The van der Waals surface area contributed by atoms with Crippen molar-refractivity contribution in [3.63, 3.8) is 0 Å². The lowest BCUT2D eigenvalue weighted by Gasteiger charge is -2.45. The van der Waals surface area contributed by atoms with E-state index in [2.05, 4.69) is 109 Å². The van der Waals surface area contributed by atoms with Crippen LogP contribution in [0.4, 0.5) is 0 Å². The second-order valence-electron chi connectivity index (χ2n) is 14.4. The number of carbonyl (C=O) groups is 1. The second-order valence-corrected chi connectivity index (χ2v) is 20.9. The molecule has 2 aromatic carbocycles. The van der Waals surface area contributed by atoms with Crippen molar-refractivity contribution in [3.05, 3.63) is 84.0 Å². The molecule has 0 radical (unpaired) electrons. The summed E-state index contributed by atoms with van der Waals surface area (Å²) in [4.78, 5) is 13.5. The van der Waals surface area contributed by atoms with Gasteiger partial charge in [0.25, 0.3) is 8.32 Å². The van der Waals surface area contributed by atoms with Crippen LogP contribution in [0.15, 0.2) is 84.0 Å². The molecule has 0 aliphatic carbocycles. The molecule has 3 rings (SSSR count). The number of allylic oxidation sites excluding steroid dienone is 3. The van der Waals surface area contributed by atoms with Gasteiger partial charge < -0.3 is 22.9 Å². The largest absolute Gasteiger partial charge is 0.401 e. The summed E-state index contributed by atoms with van der Waals surface area (Å²) in [5.41, 5.74) is 2.50. The fourth-order valence-corrected chi connectivity index (χ4v) is 12.2. The van der Waals surface area contributed by atoms with Gasteiger partial charge in [-0.3, -0.25) is 9.36 Å². The van der Waals surface area contributed by atoms with Crippen LogP contribution in [0.25, 0.3) is 0 Å². The minimum Gasteiger partial charge on any atom is -0.401 e. The molecule has 1 aliphatic heterocycles. The van der Waals surface area contributed by atoms with Gasteiger partial charge in [0, 0.05) is 26.6 Å². The molecule has 0 bridgehead atoms. The van der Waals surface area contributed by atoms with Gasteiger partial charge in [-0.15, -0.1) is 0 Å². The van der Waals surface area contributed by atoms with Crippen molar-refractivity contribution < 1.29 is 32.3 Å². The molecule has 0 saturated carbocycles. The summed E-state index contributed by atoms with van der Waals surface area (Å²) >= 11 is 0. The van der Waals surface area contributed by atoms with Crippen LogP contribution in [0.2, 0.25) is 5.04 Å². The average Bonchev–Trinajstić information content (AvgIpc) is 3.58. The molecule has 0 aromatic heterocycles. The zero-order valence-electron chi connectivity index (χ0n) is 30.7. The highest BCUT2D eigenvalue weighted by molar-refractivity contribution is 7.54. The Kier molecular flexibility index (Phi) is 15.7. The summed E-state index contributed by atoms with van der Waals surface area (Å²) in [5, 5.41) is 2.01. The van der Waals surface area contributed by atoms with Crippen molar-refractivity contribution in [1.29, 1.82) is 0 Å². The van der Waals surface area contributed by atoms with E-state index in [1.54, 1.807) is 0 Å². The maximum atomic E-state index is 13.5. The molecule has 2 aromatic rings. The van der Waals surface area contributed by atoms with Crippen LogP contribution in [-0.4, -0.2) is 60.1 Å². The van der Waals surface area contributed by atoms with Crippen molar-refractivity contribution in [3.8, 4) is 0 Å². The van der Waals surface area contributed by atoms with Gasteiger partial charge >= 0.3 is 7.60 Å². The van der Waals surface area contributed by atoms with Crippen molar-refractivity contribution in [2.24, 2.45) is 11.8 Å². The number of hydrogen-bond acceptors (Lipinski definition) is 7. The van der Waals surface area contributed by atoms with Gasteiger partial charge in [-0.2, -0.15) is 0 Å². The Morgan fingerprint density at radius 3 is 1.94 bits per heavy atom. The molecule has 1 saturated heterocycles. The highest BCUT2D eigenvalue weighted by Gasteiger charge is 2.51. The van der Waals surface area contributed by atoms with Gasteiger partial charge in [0.1, 0.15) is 11.9 Å². The molecule has 0 N–H and O–H groups in total. The summed E-state index contributed by atoms with van der Waals surface area (Å²) in [7, 11) is -3.87. The van der Waals surface area contributed by atoms with E-state index < -0.39 is 22.0 Å². The Labute approximate surface area is 291 Å². The van der Waals surface area contributed by atoms with Crippen LogP contribution >= 0.6 is 7.60 Å². The summed E-state index contributed by atoms with van der Waals surface area (Å²) in [5.74, 6) is 0.642. The van der Waals surface area contributed by atoms with Crippen LogP contribution in [0.3, 0.4) is 0 Å². The lowest BCUT2D eigenvalue weighted by atomic mass is 9.89. The van der Waals surface area contributed by atoms with Gasteiger partial charge in [0.05, 0.1) is 19.3 Å². The third kappa shape index (κ3) is 11.2. The zero-order valence-corrected chi connectivity index (χ0v) is 32.6. The van der Waals surface area contributed by atoms with Crippen molar-refractivity contribution in [1.82, 2.24) is 0 Å². The smallest absolute Gasteiger partial charge is 0.337 e. The molecular formula is C39H59O7PSi. The molecule has 1 fully saturated rings. The molecule has 1 aliphatic rings. The first-order chi connectivity index (χ1) is 22.7. The standard InChI is InChI=1S/C39H59O7PSi/c1-30(2)37(38-44-25-26-45-38)24-23-31(3)17-16-18-32(4)27-34(28-33(40)29-47(41,42-8)43-9)46-48(39(5,6)7,35-19-12-10-13-20-35)36-21-14-11-15-22-36/h10-15,17,19-22,27,30,34,37-38H,16,18,23-26,28-29H2,1-9H3/b31-17+,32-27+/t34-,37-/m0/s1. The summed E-state index contributed by atoms with van der Waals surface area (Å²) < 4.78 is 42.2. The van der Waals surface area contributed by atoms with Crippen LogP contribution in [-0.2, 0) is 32.3 Å². The van der Waals surface area contributed by atoms with Crippen molar-refractivity contribution >= 4 is 32.1 Å². The van der Waals surface area contributed by atoms with Crippen molar-refractivity contribution in [2.75, 3.05) is 33.6 Å². The molecule has 48 heavy (non-hydrogen) atoms. The SMILES string of the molecule is COP(=O)(CC(=O)C[C@H](/C=C(\C)CC/C=C(\C)CC[C@@H](C(C)C)C1OCCO1)O[Si](c1ccccc1)(c1ccccc1)C(C)(C)C)OC. The normalized spacial score (nSPS) is 16.8. The molecular weight excluding hydrogens is 639 g/mol. The summed E-state index contributed by atoms with van der Waals surface area (Å²) in [6.07, 6.45) is 7.32. The number of hydrogen-bond donors (Lipinski definition) is 0. The minimum atomic E-state index is -3.52. The first kappa shape index (κ1) is 40.3. The van der Waals surface area contributed by atoms with Gasteiger partial charge in [-0.05, 0) is 60.9 Å². The first-order valence-electron chi connectivity index (χ1n) is 17.3. The molecule has 2 atom stereocenters. The average molecular weight is 699 g/mol. The topological polar surface area (TPSA) is 80.3 Å². The number of carbonyl (C=O) groups excluding carboxylic acids is 1. The molecule has 7 nitrogen and oxygen atoms in total. The van der Waals surface area contributed by atoms with E-state index in [1.165, 1.54) is 19.8 Å².